The Bertz CT molecular complexity index is 574. The van der Waals surface area contributed by atoms with Gasteiger partial charge in [0.25, 0.3) is 0 Å². The predicted octanol–water partition coefficient (Wildman–Crippen LogP) is 3.55. The van der Waals surface area contributed by atoms with Crippen LogP contribution in [0, 0.1) is 0 Å². The summed E-state index contributed by atoms with van der Waals surface area (Å²) in [6.45, 7) is 2.92. The van der Waals surface area contributed by atoms with Crippen LogP contribution >= 0.6 is 12.4 Å². The molecule has 1 aliphatic rings. The lowest BCUT2D eigenvalue weighted by atomic mass is 10.1. The zero-order valence-electron chi connectivity index (χ0n) is 11.5. The molecule has 3 rings (SSSR count). The van der Waals surface area contributed by atoms with E-state index in [1.807, 2.05) is 12.1 Å². The van der Waals surface area contributed by atoms with E-state index in [2.05, 4.69) is 46.6 Å². The molecule has 0 fully saturated rings. The lowest BCUT2D eigenvalue weighted by Gasteiger charge is -2.32. The Morgan fingerprint density at radius 2 is 2.00 bits per heavy atom. The van der Waals surface area contributed by atoms with Gasteiger partial charge >= 0.3 is 0 Å². The second-order valence-electron chi connectivity index (χ2n) is 4.72. The van der Waals surface area contributed by atoms with Crippen LogP contribution in [0.2, 0.25) is 0 Å². The van der Waals surface area contributed by atoms with Crippen LogP contribution in [0.15, 0.2) is 48.5 Å². The van der Waals surface area contributed by atoms with Gasteiger partial charge in [0.05, 0.1) is 18.5 Å². The van der Waals surface area contributed by atoms with Crippen LogP contribution < -0.4 is 15.0 Å². The van der Waals surface area contributed by atoms with E-state index in [-0.39, 0.29) is 12.4 Å². The lowest BCUT2D eigenvalue weighted by molar-refractivity contribution is 0.414. The number of rotatable bonds is 3. The third-order valence-electron chi connectivity index (χ3n) is 3.45. The molecular weight excluding hydrogens is 272 g/mol. The first-order chi connectivity index (χ1) is 9.36. The number of fused-ring (bicyclic) bond motifs is 1. The van der Waals surface area contributed by atoms with Gasteiger partial charge in [-0.25, -0.2) is 0 Å². The average Bonchev–Trinajstić information content (AvgIpc) is 2.48. The molecule has 1 aliphatic heterocycles. The Morgan fingerprint density at radius 1 is 1.15 bits per heavy atom. The average molecular weight is 291 g/mol. The van der Waals surface area contributed by atoms with Gasteiger partial charge in [0.1, 0.15) is 5.75 Å². The SMILES string of the molecule is COc1cccc(CN2CCNc3ccccc32)c1.Cl. The molecule has 0 unspecified atom stereocenters. The van der Waals surface area contributed by atoms with Crippen LogP contribution in [-0.4, -0.2) is 20.2 Å². The molecule has 20 heavy (non-hydrogen) atoms. The maximum Gasteiger partial charge on any atom is 0.119 e. The van der Waals surface area contributed by atoms with Gasteiger partial charge in [-0.1, -0.05) is 24.3 Å². The first kappa shape index (κ1) is 14.5. The van der Waals surface area contributed by atoms with Crippen molar-refractivity contribution in [2.75, 3.05) is 30.4 Å². The molecule has 2 aromatic rings. The number of nitrogens with one attached hydrogen (secondary N) is 1. The zero-order valence-corrected chi connectivity index (χ0v) is 12.3. The van der Waals surface area contributed by atoms with E-state index in [1.165, 1.54) is 16.9 Å². The van der Waals surface area contributed by atoms with Gasteiger partial charge in [-0.2, -0.15) is 0 Å². The van der Waals surface area contributed by atoms with Crippen molar-refractivity contribution in [3.05, 3.63) is 54.1 Å². The summed E-state index contributed by atoms with van der Waals surface area (Å²) in [5, 5.41) is 3.43. The highest BCUT2D eigenvalue weighted by Gasteiger charge is 2.15. The molecule has 0 saturated heterocycles. The van der Waals surface area contributed by atoms with Gasteiger partial charge in [-0.15, -0.1) is 12.4 Å². The monoisotopic (exact) mass is 290 g/mol. The van der Waals surface area contributed by atoms with Crippen molar-refractivity contribution in [2.24, 2.45) is 0 Å². The molecule has 0 aliphatic carbocycles. The van der Waals surface area contributed by atoms with E-state index in [1.54, 1.807) is 7.11 Å². The maximum absolute atomic E-state index is 5.28. The van der Waals surface area contributed by atoms with Gasteiger partial charge in [0, 0.05) is 19.6 Å². The molecule has 0 saturated carbocycles. The number of anilines is 2. The molecule has 0 atom stereocenters. The highest BCUT2D eigenvalue weighted by Crippen LogP contribution is 2.29. The van der Waals surface area contributed by atoms with Crippen LogP contribution in [0.5, 0.6) is 5.75 Å². The van der Waals surface area contributed by atoms with E-state index < -0.39 is 0 Å². The third-order valence-corrected chi connectivity index (χ3v) is 3.45. The first-order valence-corrected chi connectivity index (χ1v) is 6.57. The molecule has 4 heteroatoms. The summed E-state index contributed by atoms with van der Waals surface area (Å²) in [5.74, 6) is 0.918. The molecule has 106 valence electrons. The molecular formula is C16H19ClN2O. The smallest absolute Gasteiger partial charge is 0.119 e. The predicted molar refractivity (Wildman–Crippen MR) is 86.2 cm³/mol. The molecule has 1 N–H and O–H groups in total. The third kappa shape index (κ3) is 2.99. The fraction of sp³-hybridized carbons (Fsp3) is 0.250. The normalized spacial score (nSPS) is 12.9. The van der Waals surface area contributed by atoms with E-state index in [9.17, 15) is 0 Å². The summed E-state index contributed by atoms with van der Waals surface area (Å²) in [4.78, 5) is 2.40. The minimum atomic E-state index is 0. The quantitative estimate of drug-likeness (QED) is 0.935. The number of ether oxygens (including phenoxy) is 1. The second kappa shape index (κ2) is 6.53. The van der Waals surface area contributed by atoms with Gasteiger partial charge in [-0.05, 0) is 29.8 Å². The van der Waals surface area contributed by atoms with E-state index in [0.29, 0.717) is 0 Å². The Kier molecular flexibility index (Phi) is 4.74. The van der Waals surface area contributed by atoms with Gasteiger partial charge in [0.15, 0.2) is 0 Å². The molecule has 0 bridgehead atoms. The molecule has 0 spiro atoms. The van der Waals surface area contributed by atoms with E-state index in [4.69, 9.17) is 4.74 Å². The highest BCUT2D eigenvalue weighted by molar-refractivity contribution is 5.85. The second-order valence-corrected chi connectivity index (χ2v) is 4.72. The fourth-order valence-electron chi connectivity index (χ4n) is 2.50. The highest BCUT2D eigenvalue weighted by atomic mass is 35.5. The van der Waals surface area contributed by atoms with Crippen molar-refractivity contribution in [1.82, 2.24) is 0 Å². The summed E-state index contributed by atoms with van der Waals surface area (Å²) in [5.41, 5.74) is 3.77. The van der Waals surface area contributed by atoms with Crippen molar-refractivity contribution in [1.29, 1.82) is 0 Å². The maximum atomic E-state index is 5.28. The Labute approximate surface area is 126 Å². The number of benzene rings is 2. The summed E-state index contributed by atoms with van der Waals surface area (Å²) in [6, 6.07) is 16.7. The van der Waals surface area contributed by atoms with Gasteiger partial charge < -0.3 is 15.0 Å². The number of hydrogen-bond donors (Lipinski definition) is 1. The minimum Gasteiger partial charge on any atom is -0.497 e. The van der Waals surface area contributed by atoms with Crippen LogP contribution in [0.3, 0.4) is 0 Å². The molecule has 1 heterocycles. The van der Waals surface area contributed by atoms with E-state index >= 15 is 0 Å². The standard InChI is InChI=1S/C16H18N2O.ClH/c1-19-14-6-4-5-13(11-14)12-18-10-9-17-15-7-2-3-8-16(15)18;/h2-8,11,17H,9-10,12H2,1H3;1H. The minimum absolute atomic E-state index is 0. The molecule has 0 radical (unpaired) electrons. The Morgan fingerprint density at radius 3 is 2.85 bits per heavy atom. The van der Waals surface area contributed by atoms with Crippen molar-refractivity contribution >= 4 is 23.8 Å². The van der Waals surface area contributed by atoms with Crippen molar-refractivity contribution in [3.8, 4) is 5.75 Å². The molecule has 0 aromatic heterocycles. The van der Waals surface area contributed by atoms with Gasteiger partial charge in [-0.3, -0.25) is 0 Å². The number of hydrogen-bond acceptors (Lipinski definition) is 3. The number of nitrogens with zero attached hydrogens (tertiary/aromatic N) is 1. The van der Waals surface area contributed by atoms with Crippen molar-refractivity contribution in [2.45, 2.75) is 6.54 Å². The molecule has 2 aromatic carbocycles. The largest absolute Gasteiger partial charge is 0.497 e. The lowest BCUT2D eigenvalue weighted by Crippen LogP contribution is -2.33. The number of para-hydroxylation sites is 2. The molecule has 0 amide bonds. The van der Waals surface area contributed by atoms with Gasteiger partial charge in [0.2, 0.25) is 0 Å². The van der Waals surface area contributed by atoms with Crippen LogP contribution in [-0.2, 0) is 6.54 Å². The molecule has 3 nitrogen and oxygen atoms in total. The number of halogens is 1. The topological polar surface area (TPSA) is 24.5 Å². The summed E-state index contributed by atoms with van der Waals surface area (Å²) >= 11 is 0. The fourth-order valence-corrected chi connectivity index (χ4v) is 2.50. The summed E-state index contributed by atoms with van der Waals surface area (Å²) in [7, 11) is 1.71. The van der Waals surface area contributed by atoms with Crippen LogP contribution in [0.4, 0.5) is 11.4 Å². The van der Waals surface area contributed by atoms with Crippen LogP contribution in [0.1, 0.15) is 5.56 Å². The van der Waals surface area contributed by atoms with Crippen LogP contribution in [0.25, 0.3) is 0 Å². The summed E-state index contributed by atoms with van der Waals surface area (Å²) < 4.78 is 5.28. The van der Waals surface area contributed by atoms with E-state index in [0.717, 1.165) is 25.4 Å². The van der Waals surface area contributed by atoms with Crippen molar-refractivity contribution in [3.63, 3.8) is 0 Å². The first-order valence-electron chi connectivity index (χ1n) is 6.57. The zero-order chi connectivity index (χ0) is 13.1. The Balaban J connectivity index is 0.00000147. The van der Waals surface area contributed by atoms with Crippen molar-refractivity contribution < 1.29 is 4.74 Å². The number of methoxy groups -OCH3 is 1. The summed E-state index contributed by atoms with van der Waals surface area (Å²) in [6.07, 6.45) is 0. The Hall–Kier alpha value is -1.87.